The van der Waals surface area contributed by atoms with Crippen LogP contribution in [0.1, 0.15) is 12.7 Å². The monoisotopic (exact) mass is 400 g/mol. The molecule has 8 heteroatoms. The summed E-state index contributed by atoms with van der Waals surface area (Å²) in [5, 5.41) is 3.84. The van der Waals surface area contributed by atoms with E-state index in [1.54, 1.807) is 37.4 Å². The van der Waals surface area contributed by atoms with E-state index < -0.39 is 0 Å². The standard InChI is InChI=1S/C20H21ClN4O3/c1-3-25(12-19(26)23-15-6-4-5-7-17(15)28-2)11-18-22-16-10-13(21)8-9-14(16)20(27)24-18/h4-10H,3,11-12H2,1-2H3,(H,23,26)(H,22,24,27). The summed E-state index contributed by atoms with van der Waals surface area (Å²) in [6, 6.07) is 12.2. The number of fused-ring (bicyclic) bond motifs is 1. The maximum Gasteiger partial charge on any atom is 0.258 e. The number of halogens is 1. The molecule has 28 heavy (non-hydrogen) atoms. The second kappa shape index (κ2) is 8.86. The summed E-state index contributed by atoms with van der Waals surface area (Å²) < 4.78 is 5.25. The highest BCUT2D eigenvalue weighted by Gasteiger charge is 2.14. The van der Waals surface area contributed by atoms with Gasteiger partial charge in [-0.05, 0) is 36.9 Å². The minimum absolute atomic E-state index is 0.145. The van der Waals surface area contributed by atoms with Crippen LogP contribution < -0.4 is 15.6 Å². The molecule has 0 aliphatic heterocycles. The van der Waals surface area contributed by atoms with Gasteiger partial charge in [-0.1, -0.05) is 30.7 Å². The second-order valence-corrected chi connectivity index (χ2v) is 6.66. The number of hydrogen-bond donors (Lipinski definition) is 2. The summed E-state index contributed by atoms with van der Waals surface area (Å²) >= 11 is 6.00. The Bertz CT molecular complexity index is 1050. The molecule has 3 aromatic rings. The maximum absolute atomic E-state index is 12.4. The van der Waals surface area contributed by atoms with Gasteiger partial charge in [-0.25, -0.2) is 4.98 Å². The third-order valence-electron chi connectivity index (χ3n) is 4.29. The Morgan fingerprint density at radius 1 is 1.29 bits per heavy atom. The van der Waals surface area contributed by atoms with Crippen LogP contribution in [-0.2, 0) is 11.3 Å². The third kappa shape index (κ3) is 4.68. The molecule has 1 heterocycles. The molecule has 0 aliphatic carbocycles. The molecule has 1 amide bonds. The van der Waals surface area contributed by atoms with E-state index in [9.17, 15) is 9.59 Å². The maximum atomic E-state index is 12.4. The van der Waals surface area contributed by atoms with Gasteiger partial charge in [0, 0.05) is 5.02 Å². The number of benzene rings is 2. The highest BCUT2D eigenvalue weighted by atomic mass is 35.5. The van der Waals surface area contributed by atoms with Crippen LogP contribution in [0.3, 0.4) is 0 Å². The van der Waals surface area contributed by atoms with Gasteiger partial charge in [0.1, 0.15) is 11.6 Å². The Morgan fingerprint density at radius 2 is 2.07 bits per heavy atom. The number of methoxy groups -OCH3 is 1. The van der Waals surface area contributed by atoms with Gasteiger partial charge in [-0.3, -0.25) is 14.5 Å². The number of likely N-dealkylation sites (N-methyl/N-ethyl adjacent to an activating group) is 1. The van der Waals surface area contributed by atoms with E-state index in [1.165, 1.54) is 0 Å². The van der Waals surface area contributed by atoms with Gasteiger partial charge in [0.2, 0.25) is 5.91 Å². The summed E-state index contributed by atoms with van der Waals surface area (Å²) in [5.74, 6) is 0.889. The summed E-state index contributed by atoms with van der Waals surface area (Å²) in [6.45, 7) is 3.02. The lowest BCUT2D eigenvalue weighted by Gasteiger charge is -2.19. The van der Waals surface area contributed by atoms with Crippen molar-refractivity contribution < 1.29 is 9.53 Å². The average Bonchev–Trinajstić information content (AvgIpc) is 2.67. The largest absolute Gasteiger partial charge is 0.495 e. The molecule has 0 saturated carbocycles. The van der Waals surface area contributed by atoms with Gasteiger partial charge in [0.05, 0.1) is 36.8 Å². The number of hydrogen-bond acceptors (Lipinski definition) is 5. The molecule has 0 unspecified atom stereocenters. The number of nitrogens with one attached hydrogen (secondary N) is 2. The summed E-state index contributed by atoms with van der Waals surface area (Å²) in [7, 11) is 1.55. The fourth-order valence-corrected chi connectivity index (χ4v) is 3.03. The molecule has 0 bridgehead atoms. The van der Waals surface area contributed by atoms with E-state index in [2.05, 4.69) is 15.3 Å². The highest BCUT2D eigenvalue weighted by molar-refractivity contribution is 6.31. The van der Waals surface area contributed by atoms with Crippen LogP contribution in [0.25, 0.3) is 10.9 Å². The fraction of sp³-hybridized carbons (Fsp3) is 0.250. The molecule has 0 fully saturated rings. The van der Waals surface area contributed by atoms with Crippen LogP contribution in [0.5, 0.6) is 5.75 Å². The number of amides is 1. The molecule has 7 nitrogen and oxygen atoms in total. The van der Waals surface area contributed by atoms with E-state index in [0.717, 1.165) is 0 Å². The lowest BCUT2D eigenvalue weighted by atomic mass is 10.2. The fourth-order valence-electron chi connectivity index (χ4n) is 2.87. The van der Waals surface area contributed by atoms with E-state index in [4.69, 9.17) is 16.3 Å². The number of anilines is 1. The number of aromatic amines is 1. The molecular weight excluding hydrogens is 380 g/mol. The van der Waals surface area contributed by atoms with Gasteiger partial charge in [-0.2, -0.15) is 0 Å². The molecular formula is C20H21ClN4O3. The van der Waals surface area contributed by atoms with Crippen LogP contribution in [0, 0.1) is 0 Å². The first-order chi connectivity index (χ1) is 13.5. The zero-order valence-electron chi connectivity index (χ0n) is 15.7. The molecule has 0 radical (unpaired) electrons. The summed E-state index contributed by atoms with van der Waals surface area (Å²) in [4.78, 5) is 33.8. The first-order valence-corrected chi connectivity index (χ1v) is 9.21. The van der Waals surface area contributed by atoms with Crippen LogP contribution in [-0.4, -0.2) is 41.0 Å². The Kier molecular flexibility index (Phi) is 6.28. The van der Waals surface area contributed by atoms with Crippen molar-refractivity contribution in [3.05, 3.63) is 63.7 Å². The van der Waals surface area contributed by atoms with Crippen molar-refractivity contribution >= 4 is 34.1 Å². The lowest BCUT2D eigenvalue weighted by molar-refractivity contribution is -0.117. The predicted molar refractivity (Wildman–Crippen MR) is 110 cm³/mol. The van der Waals surface area contributed by atoms with Crippen LogP contribution >= 0.6 is 11.6 Å². The zero-order valence-corrected chi connectivity index (χ0v) is 16.4. The third-order valence-corrected chi connectivity index (χ3v) is 4.52. The molecule has 0 spiro atoms. The van der Waals surface area contributed by atoms with Crippen molar-refractivity contribution in [1.82, 2.24) is 14.9 Å². The summed E-state index contributed by atoms with van der Waals surface area (Å²) in [5.41, 5.74) is 0.907. The van der Waals surface area contributed by atoms with Gasteiger partial charge in [0.15, 0.2) is 0 Å². The molecule has 1 aromatic heterocycles. The molecule has 0 saturated heterocycles. The Labute approximate surface area is 167 Å². The first kappa shape index (κ1) is 19.9. The average molecular weight is 401 g/mol. The van der Waals surface area contributed by atoms with Gasteiger partial charge < -0.3 is 15.0 Å². The van der Waals surface area contributed by atoms with E-state index in [-0.39, 0.29) is 18.0 Å². The number of H-pyrrole nitrogens is 1. The SMILES string of the molecule is CCN(CC(=O)Nc1ccccc1OC)Cc1nc2cc(Cl)ccc2c(=O)[nH]1. The molecule has 2 N–H and O–H groups in total. The minimum Gasteiger partial charge on any atom is -0.495 e. The van der Waals surface area contributed by atoms with Crippen molar-refractivity contribution in [3.63, 3.8) is 0 Å². The van der Waals surface area contributed by atoms with Crippen molar-refractivity contribution in [3.8, 4) is 5.75 Å². The molecule has 0 aliphatic rings. The smallest absolute Gasteiger partial charge is 0.258 e. The zero-order chi connectivity index (χ0) is 20.1. The number of para-hydroxylation sites is 2. The van der Waals surface area contributed by atoms with Gasteiger partial charge in [0.25, 0.3) is 5.56 Å². The van der Waals surface area contributed by atoms with Crippen LogP contribution in [0.2, 0.25) is 5.02 Å². The van der Waals surface area contributed by atoms with Gasteiger partial charge in [-0.15, -0.1) is 0 Å². The van der Waals surface area contributed by atoms with Crippen molar-refractivity contribution in [2.45, 2.75) is 13.5 Å². The number of aromatic nitrogens is 2. The molecule has 146 valence electrons. The van der Waals surface area contributed by atoms with E-state index >= 15 is 0 Å². The quantitative estimate of drug-likeness (QED) is 0.636. The molecule has 3 rings (SSSR count). The number of ether oxygens (including phenoxy) is 1. The number of carbonyl (C=O) groups is 1. The number of rotatable bonds is 7. The highest BCUT2D eigenvalue weighted by Crippen LogP contribution is 2.23. The van der Waals surface area contributed by atoms with Crippen LogP contribution in [0.4, 0.5) is 5.69 Å². The second-order valence-electron chi connectivity index (χ2n) is 6.23. The first-order valence-electron chi connectivity index (χ1n) is 8.84. The number of nitrogens with zero attached hydrogens (tertiary/aromatic N) is 2. The van der Waals surface area contributed by atoms with Crippen molar-refractivity contribution in [2.24, 2.45) is 0 Å². The van der Waals surface area contributed by atoms with E-state index in [0.29, 0.717) is 46.3 Å². The van der Waals surface area contributed by atoms with Crippen molar-refractivity contribution in [1.29, 1.82) is 0 Å². The topological polar surface area (TPSA) is 87.3 Å². The number of carbonyl (C=O) groups excluding carboxylic acids is 1. The van der Waals surface area contributed by atoms with Gasteiger partial charge >= 0.3 is 0 Å². The Morgan fingerprint density at radius 3 is 2.82 bits per heavy atom. The predicted octanol–water partition coefficient (Wildman–Crippen LogP) is 3.05. The molecule has 0 atom stereocenters. The van der Waals surface area contributed by atoms with E-state index in [1.807, 2.05) is 24.0 Å². The van der Waals surface area contributed by atoms with Crippen molar-refractivity contribution in [2.75, 3.05) is 25.5 Å². The Hall–Kier alpha value is -2.90. The molecule has 2 aromatic carbocycles. The normalized spacial score (nSPS) is 11.0. The minimum atomic E-state index is -0.230. The summed E-state index contributed by atoms with van der Waals surface area (Å²) in [6.07, 6.45) is 0. The lowest BCUT2D eigenvalue weighted by Crippen LogP contribution is -2.34. The Balaban J connectivity index is 1.73. The van der Waals surface area contributed by atoms with Crippen LogP contribution in [0.15, 0.2) is 47.3 Å².